The SMILES string of the molecule is C=C(C=NC(C)=N)C(F)(F)F. The highest BCUT2D eigenvalue weighted by Gasteiger charge is 2.30. The minimum atomic E-state index is -4.45. The van der Waals surface area contributed by atoms with E-state index in [9.17, 15) is 13.2 Å². The third-order valence-corrected chi connectivity index (χ3v) is 0.778. The second-order valence-corrected chi connectivity index (χ2v) is 1.87. The highest BCUT2D eigenvalue weighted by Crippen LogP contribution is 2.22. The molecule has 2 nitrogen and oxygen atoms in total. The molecule has 0 aromatic heterocycles. The number of hydrogen-bond donors (Lipinski definition) is 1. The van der Waals surface area contributed by atoms with Gasteiger partial charge in [-0.2, -0.15) is 13.2 Å². The number of alkyl halides is 3. The number of halogens is 3. The molecule has 5 heteroatoms. The molecular weight excluding hydrogens is 157 g/mol. The molecule has 0 atom stereocenters. The average Bonchev–Trinajstić information content (AvgIpc) is 1.80. The topological polar surface area (TPSA) is 36.2 Å². The summed E-state index contributed by atoms with van der Waals surface area (Å²) in [4.78, 5) is 3.13. The van der Waals surface area contributed by atoms with Gasteiger partial charge in [0.15, 0.2) is 0 Å². The second kappa shape index (κ2) is 3.32. The molecule has 0 aliphatic rings. The fourth-order valence-electron chi connectivity index (χ4n) is 0.248. The minimum Gasteiger partial charge on any atom is -0.287 e. The molecule has 0 radical (unpaired) electrons. The van der Waals surface area contributed by atoms with E-state index in [1.54, 1.807) is 0 Å². The van der Waals surface area contributed by atoms with E-state index in [0.29, 0.717) is 6.21 Å². The van der Waals surface area contributed by atoms with Crippen LogP contribution < -0.4 is 0 Å². The first-order chi connectivity index (χ1) is 4.84. The van der Waals surface area contributed by atoms with Gasteiger partial charge in [-0.05, 0) is 6.92 Å². The maximum atomic E-state index is 11.6. The van der Waals surface area contributed by atoms with Crippen molar-refractivity contribution >= 4 is 12.1 Å². The van der Waals surface area contributed by atoms with E-state index in [1.165, 1.54) is 6.92 Å². The summed E-state index contributed by atoms with van der Waals surface area (Å²) >= 11 is 0. The van der Waals surface area contributed by atoms with E-state index < -0.39 is 11.7 Å². The summed E-state index contributed by atoms with van der Waals surface area (Å²) in [5.74, 6) is -0.185. The van der Waals surface area contributed by atoms with E-state index >= 15 is 0 Å². The van der Waals surface area contributed by atoms with E-state index in [4.69, 9.17) is 5.41 Å². The summed E-state index contributed by atoms with van der Waals surface area (Å²) in [5.41, 5.74) is -1.05. The Morgan fingerprint density at radius 2 is 2.00 bits per heavy atom. The van der Waals surface area contributed by atoms with Crippen molar-refractivity contribution < 1.29 is 13.2 Å². The molecule has 0 bridgehead atoms. The van der Waals surface area contributed by atoms with Crippen molar-refractivity contribution in [2.45, 2.75) is 13.1 Å². The van der Waals surface area contributed by atoms with Crippen LogP contribution in [0.25, 0.3) is 0 Å². The van der Waals surface area contributed by atoms with E-state index in [1.807, 2.05) is 0 Å². The Balaban J connectivity index is 4.20. The van der Waals surface area contributed by atoms with Gasteiger partial charge in [0.1, 0.15) is 5.84 Å². The molecule has 0 saturated carbocycles. The quantitative estimate of drug-likeness (QED) is 0.455. The molecule has 0 aromatic rings. The third-order valence-electron chi connectivity index (χ3n) is 0.778. The summed E-state index contributed by atoms with van der Waals surface area (Å²) in [6.07, 6.45) is -3.92. The summed E-state index contributed by atoms with van der Waals surface area (Å²) < 4.78 is 34.9. The first kappa shape index (κ1) is 9.87. The molecule has 0 fully saturated rings. The van der Waals surface area contributed by atoms with E-state index in [-0.39, 0.29) is 5.84 Å². The van der Waals surface area contributed by atoms with Crippen LogP contribution in [0.3, 0.4) is 0 Å². The molecule has 0 aliphatic carbocycles. The molecule has 0 amide bonds. The van der Waals surface area contributed by atoms with Crippen molar-refractivity contribution in [1.82, 2.24) is 0 Å². The van der Waals surface area contributed by atoms with Crippen molar-refractivity contribution in [3.8, 4) is 0 Å². The Kier molecular flexibility index (Phi) is 2.98. The summed E-state index contributed by atoms with van der Waals surface area (Å²) in [6.45, 7) is 4.00. The van der Waals surface area contributed by atoms with Crippen LogP contribution in [0.1, 0.15) is 6.92 Å². The second-order valence-electron chi connectivity index (χ2n) is 1.87. The maximum Gasteiger partial charge on any atom is 0.417 e. The predicted molar refractivity (Wildman–Crippen MR) is 37.1 cm³/mol. The Morgan fingerprint density at radius 3 is 2.27 bits per heavy atom. The number of allylic oxidation sites excluding steroid dienone is 1. The number of nitrogens with zero attached hydrogens (tertiary/aromatic N) is 1. The van der Waals surface area contributed by atoms with Crippen LogP contribution >= 0.6 is 0 Å². The maximum absolute atomic E-state index is 11.6. The van der Waals surface area contributed by atoms with Gasteiger partial charge in [-0.3, -0.25) is 5.41 Å². The number of amidine groups is 1. The van der Waals surface area contributed by atoms with Crippen molar-refractivity contribution in [3.05, 3.63) is 12.2 Å². The zero-order valence-electron chi connectivity index (χ0n) is 5.87. The highest BCUT2D eigenvalue weighted by molar-refractivity contribution is 5.91. The van der Waals surface area contributed by atoms with Gasteiger partial charge in [0.05, 0.1) is 5.57 Å². The molecule has 0 aromatic carbocycles. The van der Waals surface area contributed by atoms with Crippen LogP contribution in [0.5, 0.6) is 0 Å². The van der Waals surface area contributed by atoms with Crippen molar-refractivity contribution in [3.63, 3.8) is 0 Å². The lowest BCUT2D eigenvalue weighted by atomic mass is 10.3. The first-order valence-electron chi connectivity index (χ1n) is 2.69. The molecule has 62 valence electrons. The van der Waals surface area contributed by atoms with Gasteiger partial charge in [-0.25, -0.2) is 4.99 Å². The van der Waals surface area contributed by atoms with E-state index in [2.05, 4.69) is 11.6 Å². The fraction of sp³-hybridized carbons (Fsp3) is 0.333. The standard InChI is InChI=1S/C6H7F3N2/c1-4(6(7,8)9)3-11-5(2)10/h3,10H,1H2,2H3. The van der Waals surface area contributed by atoms with Gasteiger partial charge < -0.3 is 0 Å². The molecule has 0 saturated heterocycles. The molecule has 1 N–H and O–H groups in total. The molecule has 0 unspecified atom stereocenters. The number of rotatable bonds is 1. The summed E-state index contributed by atoms with van der Waals surface area (Å²) in [7, 11) is 0. The van der Waals surface area contributed by atoms with Gasteiger partial charge in [-0.1, -0.05) is 6.58 Å². The predicted octanol–water partition coefficient (Wildman–Crippen LogP) is 2.17. The van der Waals surface area contributed by atoms with Crippen LogP contribution in [0, 0.1) is 5.41 Å². The smallest absolute Gasteiger partial charge is 0.287 e. The number of nitrogens with one attached hydrogen (secondary N) is 1. The van der Waals surface area contributed by atoms with Crippen LogP contribution in [-0.2, 0) is 0 Å². The molecule has 0 spiro atoms. The van der Waals surface area contributed by atoms with Crippen molar-refractivity contribution in [2.24, 2.45) is 4.99 Å². The monoisotopic (exact) mass is 164 g/mol. The fourth-order valence-corrected chi connectivity index (χ4v) is 0.248. The number of aliphatic imine (C=N–C) groups is 1. The van der Waals surface area contributed by atoms with Crippen LogP contribution in [0.4, 0.5) is 13.2 Å². The average molecular weight is 164 g/mol. The molecule has 0 aliphatic heterocycles. The Hall–Kier alpha value is -1.13. The lowest BCUT2D eigenvalue weighted by molar-refractivity contribution is -0.0852. The van der Waals surface area contributed by atoms with Gasteiger partial charge in [-0.15, -0.1) is 0 Å². The highest BCUT2D eigenvalue weighted by atomic mass is 19.4. The van der Waals surface area contributed by atoms with Gasteiger partial charge >= 0.3 is 6.18 Å². The third kappa shape index (κ3) is 4.30. The molecular formula is C6H7F3N2. The van der Waals surface area contributed by atoms with Crippen LogP contribution in [-0.4, -0.2) is 18.2 Å². The normalized spacial score (nSPS) is 12.0. The lowest BCUT2D eigenvalue weighted by Gasteiger charge is -2.02. The molecule has 0 rings (SSSR count). The summed E-state index contributed by atoms with van der Waals surface area (Å²) in [5, 5.41) is 6.69. The van der Waals surface area contributed by atoms with Crippen molar-refractivity contribution in [1.29, 1.82) is 5.41 Å². The Morgan fingerprint density at radius 1 is 1.55 bits per heavy atom. The first-order valence-corrected chi connectivity index (χ1v) is 2.69. The van der Waals surface area contributed by atoms with Gasteiger partial charge in [0, 0.05) is 6.21 Å². The molecule has 11 heavy (non-hydrogen) atoms. The Labute approximate surface area is 62.0 Å². The van der Waals surface area contributed by atoms with Gasteiger partial charge in [0.25, 0.3) is 0 Å². The molecule has 0 heterocycles. The van der Waals surface area contributed by atoms with E-state index in [0.717, 1.165) is 0 Å². The number of hydrogen-bond acceptors (Lipinski definition) is 1. The zero-order chi connectivity index (χ0) is 9.07. The Bertz CT molecular complexity index is 202. The largest absolute Gasteiger partial charge is 0.417 e. The van der Waals surface area contributed by atoms with Gasteiger partial charge in [0.2, 0.25) is 0 Å². The zero-order valence-corrected chi connectivity index (χ0v) is 5.87. The van der Waals surface area contributed by atoms with Crippen LogP contribution in [0.2, 0.25) is 0 Å². The lowest BCUT2D eigenvalue weighted by Crippen LogP contribution is -2.11. The summed E-state index contributed by atoms with van der Waals surface area (Å²) in [6, 6.07) is 0. The minimum absolute atomic E-state index is 0.185. The van der Waals surface area contributed by atoms with Crippen molar-refractivity contribution in [2.75, 3.05) is 0 Å². The van der Waals surface area contributed by atoms with Crippen LogP contribution in [0.15, 0.2) is 17.1 Å².